The second-order valence-electron chi connectivity index (χ2n) is 4.28. The van der Waals surface area contributed by atoms with E-state index in [0.717, 1.165) is 22.0 Å². The van der Waals surface area contributed by atoms with Gasteiger partial charge in [0, 0.05) is 5.39 Å². The van der Waals surface area contributed by atoms with Crippen LogP contribution in [0.3, 0.4) is 0 Å². The average molecular weight is 244 g/mol. The quantitative estimate of drug-likeness (QED) is 0.659. The molecule has 3 aromatic rings. The van der Waals surface area contributed by atoms with E-state index < -0.39 is 0 Å². The topological polar surface area (TPSA) is 83.3 Å². The van der Waals surface area contributed by atoms with Crippen molar-refractivity contribution in [2.24, 2.45) is 0 Å². The molecule has 0 amide bonds. The van der Waals surface area contributed by atoms with Gasteiger partial charge in [-0.15, -0.1) is 5.10 Å². The number of aromatic amines is 1. The summed E-state index contributed by atoms with van der Waals surface area (Å²) in [4.78, 5) is 18.8. The standard InChI is InChI=1S/C12H12N4O2/c1-6-3-4-8-10(7(6)2)11-14-9(5-17)15-16(11)12(18)13-8/h3-4,17H,5H2,1-2H3,(H,13,18). The van der Waals surface area contributed by atoms with Crippen molar-refractivity contribution in [1.29, 1.82) is 0 Å². The van der Waals surface area contributed by atoms with Crippen LogP contribution >= 0.6 is 0 Å². The SMILES string of the molecule is Cc1ccc2[nH]c(=O)n3nc(CO)nc3c2c1C. The Morgan fingerprint density at radius 3 is 2.89 bits per heavy atom. The molecule has 2 N–H and O–H groups in total. The molecule has 18 heavy (non-hydrogen) atoms. The van der Waals surface area contributed by atoms with Gasteiger partial charge in [-0.3, -0.25) is 0 Å². The summed E-state index contributed by atoms with van der Waals surface area (Å²) >= 11 is 0. The molecule has 0 atom stereocenters. The molecule has 0 fully saturated rings. The Morgan fingerprint density at radius 1 is 1.39 bits per heavy atom. The minimum absolute atomic E-state index is 0.244. The number of hydrogen-bond acceptors (Lipinski definition) is 4. The Balaban J connectivity index is 2.61. The van der Waals surface area contributed by atoms with E-state index in [9.17, 15) is 4.79 Å². The number of nitrogens with one attached hydrogen (secondary N) is 1. The van der Waals surface area contributed by atoms with Crippen molar-refractivity contribution >= 4 is 16.6 Å². The van der Waals surface area contributed by atoms with Crippen molar-refractivity contribution in [1.82, 2.24) is 19.6 Å². The molecule has 6 nitrogen and oxygen atoms in total. The van der Waals surface area contributed by atoms with E-state index in [0.29, 0.717) is 5.65 Å². The number of aliphatic hydroxyl groups is 1. The third-order valence-corrected chi connectivity index (χ3v) is 3.19. The van der Waals surface area contributed by atoms with Crippen LogP contribution < -0.4 is 5.69 Å². The molecule has 0 radical (unpaired) electrons. The molecular weight excluding hydrogens is 232 g/mol. The lowest BCUT2D eigenvalue weighted by atomic mass is 10.1. The fourth-order valence-corrected chi connectivity index (χ4v) is 2.10. The Labute approximate surface area is 102 Å². The third-order valence-electron chi connectivity index (χ3n) is 3.19. The van der Waals surface area contributed by atoms with Gasteiger partial charge in [0.25, 0.3) is 0 Å². The molecule has 0 aliphatic heterocycles. The van der Waals surface area contributed by atoms with Crippen LogP contribution in [0.15, 0.2) is 16.9 Å². The van der Waals surface area contributed by atoms with Gasteiger partial charge >= 0.3 is 5.69 Å². The van der Waals surface area contributed by atoms with Crippen LogP contribution in [-0.4, -0.2) is 24.7 Å². The summed E-state index contributed by atoms with van der Waals surface area (Å²) in [6, 6.07) is 3.81. The maximum absolute atomic E-state index is 11.8. The first-order chi connectivity index (χ1) is 8.61. The first-order valence-corrected chi connectivity index (χ1v) is 5.60. The number of aromatic nitrogens is 4. The van der Waals surface area contributed by atoms with Gasteiger partial charge in [0.05, 0.1) is 5.52 Å². The first kappa shape index (κ1) is 10.9. The molecule has 0 unspecified atom stereocenters. The van der Waals surface area contributed by atoms with Crippen LogP contribution in [-0.2, 0) is 6.61 Å². The fraction of sp³-hybridized carbons (Fsp3) is 0.250. The highest BCUT2D eigenvalue weighted by Crippen LogP contribution is 2.22. The van der Waals surface area contributed by atoms with E-state index in [4.69, 9.17) is 5.11 Å². The van der Waals surface area contributed by atoms with Crippen molar-refractivity contribution < 1.29 is 5.11 Å². The average Bonchev–Trinajstić information content (AvgIpc) is 2.78. The number of benzene rings is 1. The predicted octanol–water partition coefficient (Wildman–Crippen LogP) is 0.680. The number of fused-ring (bicyclic) bond motifs is 3. The van der Waals surface area contributed by atoms with Gasteiger partial charge in [0.1, 0.15) is 6.61 Å². The molecule has 0 saturated carbocycles. The molecule has 0 bridgehead atoms. The number of hydrogen-bond donors (Lipinski definition) is 2. The minimum atomic E-state index is -0.354. The summed E-state index contributed by atoms with van der Waals surface area (Å²) in [5.74, 6) is 0.244. The van der Waals surface area contributed by atoms with E-state index in [1.807, 2.05) is 26.0 Å². The van der Waals surface area contributed by atoms with Gasteiger partial charge in [0.2, 0.25) is 0 Å². The van der Waals surface area contributed by atoms with Gasteiger partial charge < -0.3 is 10.1 Å². The number of aliphatic hydroxyl groups excluding tert-OH is 1. The maximum atomic E-state index is 11.8. The summed E-state index contributed by atoms with van der Waals surface area (Å²) in [5.41, 5.74) is 3.02. The van der Waals surface area contributed by atoms with Crippen molar-refractivity contribution in [2.45, 2.75) is 20.5 Å². The summed E-state index contributed by atoms with van der Waals surface area (Å²) in [6.07, 6.45) is 0. The van der Waals surface area contributed by atoms with E-state index in [-0.39, 0.29) is 18.1 Å². The molecule has 3 rings (SSSR count). The number of aryl methyl sites for hydroxylation is 2. The highest BCUT2D eigenvalue weighted by atomic mass is 16.3. The largest absolute Gasteiger partial charge is 0.388 e. The van der Waals surface area contributed by atoms with Crippen LogP contribution in [0.5, 0.6) is 0 Å². The predicted molar refractivity (Wildman–Crippen MR) is 66.5 cm³/mol. The van der Waals surface area contributed by atoms with Gasteiger partial charge in [-0.25, -0.2) is 9.78 Å². The van der Waals surface area contributed by atoms with E-state index in [1.165, 1.54) is 4.52 Å². The smallest absolute Gasteiger partial charge is 0.348 e. The van der Waals surface area contributed by atoms with Crippen LogP contribution in [0.1, 0.15) is 17.0 Å². The maximum Gasteiger partial charge on any atom is 0.348 e. The normalized spacial score (nSPS) is 11.5. The molecule has 0 spiro atoms. The van der Waals surface area contributed by atoms with Crippen LogP contribution in [0.4, 0.5) is 0 Å². The van der Waals surface area contributed by atoms with E-state index in [1.54, 1.807) is 0 Å². The minimum Gasteiger partial charge on any atom is -0.388 e. The molecule has 2 aromatic heterocycles. The molecule has 0 saturated heterocycles. The molecule has 2 heterocycles. The lowest BCUT2D eigenvalue weighted by Gasteiger charge is -2.05. The van der Waals surface area contributed by atoms with Gasteiger partial charge in [-0.1, -0.05) is 6.07 Å². The van der Waals surface area contributed by atoms with Crippen molar-refractivity contribution in [2.75, 3.05) is 0 Å². The fourth-order valence-electron chi connectivity index (χ4n) is 2.10. The van der Waals surface area contributed by atoms with Gasteiger partial charge in [-0.05, 0) is 31.0 Å². The Kier molecular flexibility index (Phi) is 2.21. The highest BCUT2D eigenvalue weighted by Gasteiger charge is 2.12. The first-order valence-electron chi connectivity index (χ1n) is 5.60. The number of H-pyrrole nitrogens is 1. The van der Waals surface area contributed by atoms with E-state index >= 15 is 0 Å². The lowest BCUT2D eigenvalue weighted by Crippen LogP contribution is -2.18. The highest BCUT2D eigenvalue weighted by molar-refractivity contribution is 5.94. The van der Waals surface area contributed by atoms with Crippen molar-refractivity contribution in [3.63, 3.8) is 0 Å². The second kappa shape index (κ2) is 3.64. The molecule has 92 valence electrons. The van der Waals surface area contributed by atoms with Gasteiger partial charge in [0.15, 0.2) is 11.5 Å². The third kappa shape index (κ3) is 1.36. The monoisotopic (exact) mass is 244 g/mol. The number of nitrogens with zero attached hydrogens (tertiary/aromatic N) is 3. The molecule has 0 aliphatic rings. The Bertz CT molecular complexity index is 816. The lowest BCUT2D eigenvalue weighted by molar-refractivity contribution is 0.271. The zero-order chi connectivity index (χ0) is 12.9. The van der Waals surface area contributed by atoms with Crippen molar-refractivity contribution in [3.05, 3.63) is 39.6 Å². The zero-order valence-corrected chi connectivity index (χ0v) is 10.1. The van der Waals surface area contributed by atoms with Crippen molar-refractivity contribution in [3.8, 4) is 0 Å². The summed E-state index contributed by atoms with van der Waals surface area (Å²) in [7, 11) is 0. The Hall–Kier alpha value is -2.21. The molecular formula is C12H12N4O2. The van der Waals surface area contributed by atoms with Gasteiger partial charge in [-0.2, -0.15) is 4.52 Å². The van der Waals surface area contributed by atoms with Crippen LogP contribution in [0, 0.1) is 13.8 Å². The second-order valence-corrected chi connectivity index (χ2v) is 4.28. The van der Waals surface area contributed by atoms with Crippen LogP contribution in [0.25, 0.3) is 16.6 Å². The summed E-state index contributed by atoms with van der Waals surface area (Å²) in [6.45, 7) is 3.69. The summed E-state index contributed by atoms with van der Waals surface area (Å²) < 4.78 is 1.19. The zero-order valence-electron chi connectivity index (χ0n) is 10.1. The molecule has 0 aliphatic carbocycles. The van der Waals surface area contributed by atoms with Crippen LogP contribution in [0.2, 0.25) is 0 Å². The number of rotatable bonds is 1. The molecule has 6 heteroatoms. The van der Waals surface area contributed by atoms with E-state index in [2.05, 4.69) is 15.1 Å². The molecule has 1 aromatic carbocycles. The Morgan fingerprint density at radius 2 is 2.17 bits per heavy atom. The summed E-state index contributed by atoms with van der Waals surface area (Å²) in [5, 5.41) is 13.9.